The number of methoxy groups -OCH3 is 1. The molecule has 0 unspecified atom stereocenters. The smallest absolute Gasteiger partial charge is 0.433 e. The number of ether oxygens (including phenoxy) is 1. The molecule has 0 aliphatic carbocycles. The van der Waals surface area contributed by atoms with Gasteiger partial charge in [-0.25, -0.2) is 9.78 Å². The number of benzene rings is 3. The molecule has 1 aromatic heterocycles. The summed E-state index contributed by atoms with van der Waals surface area (Å²) in [5.74, 6) is -0.480. The summed E-state index contributed by atoms with van der Waals surface area (Å²) in [5, 5.41) is 11.3. The fourth-order valence-corrected chi connectivity index (χ4v) is 5.46. The number of carbonyl (C=O) groups excluding carboxylic acids is 2. The standard InChI is InChI=1S/C34H36N6O3/c1-34(2,3)39-19-17-38(18-20-39)23-28-30(32(41)37-40(33(42)43-4)26-13-9-6-10-14-26)27-16-15-24(22-35)21-29(27)36-31(28)25-11-7-5-8-12-25/h5-16,21H,17-20,23H2,1-4H3,(H,37,41). The second kappa shape index (κ2) is 12.6. The van der Waals surface area contributed by atoms with Crippen molar-refractivity contribution in [2.75, 3.05) is 38.3 Å². The van der Waals surface area contributed by atoms with Gasteiger partial charge in [-0.05, 0) is 45.0 Å². The van der Waals surface area contributed by atoms with Crippen LogP contribution >= 0.6 is 0 Å². The highest BCUT2D eigenvalue weighted by Gasteiger charge is 2.30. The molecule has 4 aromatic rings. The van der Waals surface area contributed by atoms with E-state index < -0.39 is 12.0 Å². The van der Waals surface area contributed by atoms with Crippen molar-refractivity contribution in [3.63, 3.8) is 0 Å². The van der Waals surface area contributed by atoms with Gasteiger partial charge >= 0.3 is 6.09 Å². The van der Waals surface area contributed by atoms with Crippen molar-refractivity contribution in [3.8, 4) is 17.3 Å². The Bertz CT molecular complexity index is 1650. The van der Waals surface area contributed by atoms with Crippen LogP contribution in [0.3, 0.4) is 0 Å². The predicted octanol–water partition coefficient (Wildman–Crippen LogP) is 5.61. The van der Waals surface area contributed by atoms with Crippen molar-refractivity contribution in [1.82, 2.24) is 20.2 Å². The minimum atomic E-state index is -0.729. The van der Waals surface area contributed by atoms with E-state index in [1.807, 2.05) is 36.4 Å². The number of para-hydroxylation sites is 1. The van der Waals surface area contributed by atoms with Gasteiger partial charge in [0.05, 0.1) is 41.2 Å². The van der Waals surface area contributed by atoms with E-state index in [1.165, 1.54) is 7.11 Å². The molecule has 43 heavy (non-hydrogen) atoms. The third-order valence-corrected chi connectivity index (χ3v) is 7.78. The van der Waals surface area contributed by atoms with Crippen LogP contribution in [0, 0.1) is 11.3 Å². The van der Waals surface area contributed by atoms with Gasteiger partial charge < -0.3 is 4.74 Å². The fourth-order valence-electron chi connectivity index (χ4n) is 5.46. The number of hydrogen-bond donors (Lipinski definition) is 1. The Labute approximate surface area is 252 Å². The summed E-state index contributed by atoms with van der Waals surface area (Å²) < 4.78 is 5.01. The molecule has 0 radical (unpaired) electrons. The molecule has 0 saturated carbocycles. The lowest BCUT2D eigenvalue weighted by atomic mass is 9.94. The molecular weight excluding hydrogens is 540 g/mol. The molecule has 1 saturated heterocycles. The topological polar surface area (TPSA) is 102 Å². The average Bonchev–Trinajstić information content (AvgIpc) is 3.03. The minimum absolute atomic E-state index is 0.0735. The van der Waals surface area contributed by atoms with Crippen molar-refractivity contribution in [3.05, 3.63) is 95.6 Å². The van der Waals surface area contributed by atoms with Crippen LogP contribution in [0.4, 0.5) is 10.5 Å². The van der Waals surface area contributed by atoms with Gasteiger partial charge in [0.2, 0.25) is 0 Å². The van der Waals surface area contributed by atoms with Crippen LogP contribution in [0.25, 0.3) is 22.2 Å². The molecular formula is C34H36N6O3. The Balaban J connectivity index is 1.65. The maximum absolute atomic E-state index is 14.4. The van der Waals surface area contributed by atoms with E-state index >= 15 is 0 Å². The zero-order chi connectivity index (χ0) is 30.6. The van der Waals surface area contributed by atoms with E-state index in [4.69, 9.17) is 9.72 Å². The molecule has 1 aliphatic rings. The van der Waals surface area contributed by atoms with E-state index in [1.54, 1.807) is 42.5 Å². The maximum atomic E-state index is 14.4. The van der Waals surface area contributed by atoms with E-state index in [0.717, 1.165) is 42.3 Å². The van der Waals surface area contributed by atoms with Crippen molar-refractivity contribution in [2.24, 2.45) is 0 Å². The number of aromatic nitrogens is 1. The average molecular weight is 577 g/mol. The van der Waals surface area contributed by atoms with E-state index in [-0.39, 0.29) is 5.54 Å². The molecule has 5 rings (SSSR count). The van der Waals surface area contributed by atoms with Gasteiger partial charge in [-0.2, -0.15) is 10.3 Å². The Morgan fingerprint density at radius 3 is 2.23 bits per heavy atom. The molecule has 9 nitrogen and oxygen atoms in total. The first kappa shape index (κ1) is 29.7. The molecule has 1 fully saturated rings. The molecule has 2 heterocycles. The van der Waals surface area contributed by atoms with Crippen LogP contribution in [0.5, 0.6) is 0 Å². The number of hydrazine groups is 1. The second-order valence-electron chi connectivity index (χ2n) is 11.5. The maximum Gasteiger partial charge on any atom is 0.433 e. The highest BCUT2D eigenvalue weighted by Crippen LogP contribution is 2.33. The van der Waals surface area contributed by atoms with Gasteiger partial charge in [-0.15, -0.1) is 0 Å². The summed E-state index contributed by atoms with van der Waals surface area (Å²) >= 11 is 0. The number of nitrogens with zero attached hydrogens (tertiary/aromatic N) is 5. The molecule has 1 aliphatic heterocycles. The first-order chi connectivity index (χ1) is 20.7. The molecule has 220 valence electrons. The molecule has 1 N–H and O–H groups in total. The number of nitrogens with one attached hydrogen (secondary N) is 1. The van der Waals surface area contributed by atoms with Crippen LogP contribution in [-0.2, 0) is 11.3 Å². The highest BCUT2D eigenvalue weighted by atomic mass is 16.5. The molecule has 0 spiro atoms. The van der Waals surface area contributed by atoms with Gasteiger partial charge in [0.1, 0.15) is 0 Å². The van der Waals surface area contributed by atoms with Crippen LogP contribution in [0.15, 0.2) is 78.9 Å². The lowest BCUT2D eigenvalue weighted by Gasteiger charge is -2.42. The van der Waals surface area contributed by atoms with E-state index in [9.17, 15) is 14.9 Å². The van der Waals surface area contributed by atoms with Crippen LogP contribution in [0.1, 0.15) is 42.3 Å². The zero-order valence-electron chi connectivity index (χ0n) is 25.0. The third kappa shape index (κ3) is 6.51. The van der Waals surface area contributed by atoms with Gasteiger partial charge in [0, 0.05) is 54.8 Å². The monoisotopic (exact) mass is 576 g/mol. The summed E-state index contributed by atoms with van der Waals surface area (Å²) in [6.45, 7) is 10.6. The molecule has 2 amide bonds. The van der Waals surface area contributed by atoms with E-state index in [0.29, 0.717) is 40.0 Å². The number of hydrogen-bond acceptors (Lipinski definition) is 7. The number of piperazine rings is 1. The van der Waals surface area contributed by atoms with Crippen molar-refractivity contribution in [1.29, 1.82) is 5.26 Å². The Morgan fingerprint density at radius 2 is 1.63 bits per heavy atom. The summed E-state index contributed by atoms with van der Waals surface area (Å²) in [6.07, 6.45) is -0.729. The summed E-state index contributed by atoms with van der Waals surface area (Å²) in [4.78, 5) is 37.1. The number of amides is 2. The van der Waals surface area contributed by atoms with Gasteiger partial charge in [0.25, 0.3) is 5.91 Å². The van der Waals surface area contributed by atoms with Gasteiger partial charge in [0.15, 0.2) is 0 Å². The molecule has 3 aromatic carbocycles. The SMILES string of the molecule is COC(=O)N(NC(=O)c1c(CN2CCN(C(C)(C)C)CC2)c(-c2ccccc2)nc2cc(C#N)ccc12)c1ccccc1. The molecule has 0 bridgehead atoms. The molecule has 0 atom stereocenters. The summed E-state index contributed by atoms with van der Waals surface area (Å²) in [5.41, 5.74) is 6.97. The zero-order valence-corrected chi connectivity index (χ0v) is 25.0. The fraction of sp³-hybridized carbons (Fsp3) is 0.294. The van der Waals surface area contributed by atoms with Crippen molar-refractivity contribution >= 4 is 28.6 Å². The summed E-state index contributed by atoms with van der Waals surface area (Å²) in [7, 11) is 1.27. The number of carbonyl (C=O) groups is 2. The molecule has 9 heteroatoms. The Kier molecular flexibility index (Phi) is 8.71. The highest BCUT2D eigenvalue weighted by molar-refractivity contribution is 6.11. The van der Waals surface area contributed by atoms with Crippen molar-refractivity contribution in [2.45, 2.75) is 32.9 Å². The van der Waals surface area contributed by atoms with Crippen LogP contribution in [-0.4, -0.2) is 65.6 Å². The predicted molar refractivity (Wildman–Crippen MR) is 167 cm³/mol. The second-order valence-corrected chi connectivity index (χ2v) is 11.5. The number of pyridine rings is 1. The Morgan fingerprint density at radius 1 is 0.977 bits per heavy atom. The lowest BCUT2D eigenvalue weighted by Crippen LogP contribution is -2.53. The first-order valence-corrected chi connectivity index (χ1v) is 14.3. The lowest BCUT2D eigenvalue weighted by molar-refractivity contribution is 0.0589. The number of rotatable bonds is 5. The van der Waals surface area contributed by atoms with Crippen LogP contribution < -0.4 is 10.4 Å². The number of anilines is 1. The van der Waals surface area contributed by atoms with Crippen LogP contribution in [0.2, 0.25) is 0 Å². The Hall–Kier alpha value is -4.78. The first-order valence-electron chi connectivity index (χ1n) is 14.3. The number of nitriles is 1. The third-order valence-electron chi connectivity index (χ3n) is 7.78. The largest absolute Gasteiger partial charge is 0.451 e. The van der Waals surface area contributed by atoms with Crippen molar-refractivity contribution < 1.29 is 14.3 Å². The minimum Gasteiger partial charge on any atom is -0.451 e. The quantitative estimate of drug-likeness (QED) is 0.308. The normalized spacial score (nSPS) is 14.2. The van der Waals surface area contributed by atoms with Gasteiger partial charge in [-0.1, -0.05) is 54.6 Å². The number of fused-ring (bicyclic) bond motifs is 1. The van der Waals surface area contributed by atoms with Gasteiger partial charge in [-0.3, -0.25) is 20.0 Å². The van der Waals surface area contributed by atoms with E-state index in [2.05, 4.69) is 42.1 Å². The summed E-state index contributed by atoms with van der Waals surface area (Å²) in [6, 6.07) is 25.9.